The van der Waals surface area contributed by atoms with Crippen LogP contribution in [0.1, 0.15) is 37.9 Å². The van der Waals surface area contributed by atoms with Crippen LogP contribution in [0.3, 0.4) is 0 Å². The highest BCUT2D eigenvalue weighted by molar-refractivity contribution is 7.89. The maximum Gasteiger partial charge on any atom is 0.213 e. The van der Waals surface area contributed by atoms with Crippen LogP contribution in [0.25, 0.3) is 5.69 Å². The van der Waals surface area contributed by atoms with Gasteiger partial charge in [-0.15, -0.1) is 0 Å². The molecular formula is C20H27N3O2S. The molecule has 26 heavy (non-hydrogen) atoms. The van der Waals surface area contributed by atoms with E-state index < -0.39 is 10.0 Å². The molecule has 0 N–H and O–H groups in total. The zero-order valence-corrected chi connectivity index (χ0v) is 16.6. The first-order chi connectivity index (χ1) is 12.4. The van der Waals surface area contributed by atoms with Crippen molar-refractivity contribution in [2.45, 2.75) is 39.2 Å². The van der Waals surface area contributed by atoms with E-state index >= 15 is 0 Å². The van der Waals surface area contributed by atoms with E-state index in [2.05, 4.69) is 59.8 Å². The summed E-state index contributed by atoms with van der Waals surface area (Å²) in [5, 5.41) is 0. The maximum absolute atomic E-state index is 12.3. The molecule has 0 amide bonds. The van der Waals surface area contributed by atoms with Gasteiger partial charge in [-0.3, -0.25) is 0 Å². The lowest BCUT2D eigenvalue weighted by atomic mass is 9.81. The van der Waals surface area contributed by atoms with Gasteiger partial charge in [0.05, 0.1) is 22.7 Å². The van der Waals surface area contributed by atoms with Crippen LogP contribution < -0.4 is 4.90 Å². The maximum atomic E-state index is 12.3. The molecule has 1 spiro atoms. The van der Waals surface area contributed by atoms with Gasteiger partial charge in [-0.05, 0) is 63.4 Å². The van der Waals surface area contributed by atoms with Gasteiger partial charge in [0.2, 0.25) is 10.0 Å². The average Bonchev–Trinajstić information content (AvgIpc) is 3.13. The second-order valence-electron chi connectivity index (χ2n) is 7.33. The van der Waals surface area contributed by atoms with E-state index in [4.69, 9.17) is 0 Å². The number of sulfonamides is 1. The molecule has 1 saturated heterocycles. The fraction of sp³-hybridized carbons (Fsp3) is 0.500. The Morgan fingerprint density at radius 3 is 2.46 bits per heavy atom. The Morgan fingerprint density at radius 1 is 1.08 bits per heavy atom. The van der Waals surface area contributed by atoms with Crippen LogP contribution in [0.4, 0.5) is 5.69 Å². The third-order valence-electron chi connectivity index (χ3n) is 6.05. The molecule has 0 aliphatic carbocycles. The average molecular weight is 374 g/mol. The Kier molecular flexibility index (Phi) is 4.15. The standard InChI is InChI=1S/C20H27N3O2S/c1-4-23-18-15-16(3)8-9-17(18)22-12-6-7-19(22)20(23)10-13-21(14-11-20)26(24,25)5-2/h6-9,12,15H,4-5,10-11,13-14H2,1-3H3. The van der Waals surface area contributed by atoms with Crippen LogP contribution in [-0.2, 0) is 15.6 Å². The van der Waals surface area contributed by atoms with E-state index in [1.54, 1.807) is 11.2 Å². The Hall–Kier alpha value is -1.79. The molecule has 6 heteroatoms. The number of aromatic nitrogens is 1. The lowest BCUT2D eigenvalue weighted by Gasteiger charge is -2.52. The van der Waals surface area contributed by atoms with Crippen molar-refractivity contribution in [3.8, 4) is 5.69 Å². The van der Waals surface area contributed by atoms with Crippen molar-refractivity contribution >= 4 is 15.7 Å². The molecule has 0 atom stereocenters. The summed E-state index contributed by atoms with van der Waals surface area (Å²) in [5.41, 5.74) is 4.86. The van der Waals surface area contributed by atoms with Gasteiger partial charge in [0, 0.05) is 31.5 Å². The predicted molar refractivity (Wildman–Crippen MR) is 105 cm³/mol. The summed E-state index contributed by atoms with van der Waals surface area (Å²) >= 11 is 0. The smallest absolute Gasteiger partial charge is 0.213 e. The van der Waals surface area contributed by atoms with Crippen molar-refractivity contribution in [2.75, 3.05) is 30.3 Å². The summed E-state index contributed by atoms with van der Waals surface area (Å²) in [7, 11) is -3.12. The normalized spacial score (nSPS) is 19.4. The highest BCUT2D eigenvalue weighted by Gasteiger charge is 2.47. The quantitative estimate of drug-likeness (QED) is 0.830. The number of nitrogens with zero attached hydrogens (tertiary/aromatic N) is 3. The number of hydrogen-bond donors (Lipinski definition) is 0. The third-order valence-corrected chi connectivity index (χ3v) is 7.93. The zero-order valence-electron chi connectivity index (χ0n) is 15.8. The summed E-state index contributed by atoms with van der Waals surface area (Å²) in [6.07, 6.45) is 3.77. The van der Waals surface area contributed by atoms with Crippen molar-refractivity contribution in [1.29, 1.82) is 0 Å². The summed E-state index contributed by atoms with van der Waals surface area (Å²) in [6, 6.07) is 10.9. The fourth-order valence-corrected chi connectivity index (χ4v) is 5.81. The van der Waals surface area contributed by atoms with Crippen molar-refractivity contribution in [3.63, 3.8) is 0 Å². The minimum atomic E-state index is -3.12. The van der Waals surface area contributed by atoms with Crippen LogP contribution in [0.5, 0.6) is 0 Å². The first-order valence-corrected chi connectivity index (χ1v) is 11.1. The lowest BCUT2D eigenvalue weighted by Crippen LogP contribution is -2.57. The Labute approximate surface area is 156 Å². The largest absolute Gasteiger partial charge is 0.359 e. The minimum Gasteiger partial charge on any atom is -0.359 e. The zero-order chi connectivity index (χ0) is 18.5. The molecule has 2 aliphatic heterocycles. The summed E-state index contributed by atoms with van der Waals surface area (Å²) < 4.78 is 28.6. The molecule has 3 heterocycles. The third kappa shape index (κ3) is 2.42. The van der Waals surface area contributed by atoms with Gasteiger partial charge >= 0.3 is 0 Å². The van der Waals surface area contributed by atoms with Crippen LogP contribution in [-0.4, -0.2) is 42.7 Å². The lowest BCUT2D eigenvalue weighted by molar-refractivity contribution is 0.215. The van der Waals surface area contributed by atoms with E-state index in [0.29, 0.717) is 13.1 Å². The van der Waals surface area contributed by atoms with Gasteiger partial charge in [-0.1, -0.05) is 6.07 Å². The molecule has 1 fully saturated rings. The molecule has 1 aromatic carbocycles. The Morgan fingerprint density at radius 2 is 1.81 bits per heavy atom. The molecule has 0 unspecified atom stereocenters. The molecule has 0 bridgehead atoms. The second kappa shape index (κ2) is 6.13. The number of benzene rings is 1. The number of piperidine rings is 1. The van der Waals surface area contributed by atoms with E-state index in [9.17, 15) is 8.42 Å². The first kappa shape index (κ1) is 17.6. The number of aryl methyl sites for hydroxylation is 1. The van der Waals surface area contributed by atoms with Gasteiger partial charge in [-0.2, -0.15) is 0 Å². The van der Waals surface area contributed by atoms with Gasteiger partial charge < -0.3 is 9.47 Å². The summed E-state index contributed by atoms with van der Waals surface area (Å²) in [6.45, 7) is 8.12. The van der Waals surface area contributed by atoms with E-state index in [1.807, 2.05) is 0 Å². The van der Waals surface area contributed by atoms with E-state index in [1.165, 1.54) is 22.6 Å². The summed E-state index contributed by atoms with van der Waals surface area (Å²) in [4.78, 5) is 2.50. The molecule has 140 valence electrons. The minimum absolute atomic E-state index is 0.140. The topological polar surface area (TPSA) is 45.5 Å². The van der Waals surface area contributed by atoms with Crippen molar-refractivity contribution in [2.24, 2.45) is 0 Å². The van der Waals surface area contributed by atoms with Crippen molar-refractivity contribution in [1.82, 2.24) is 8.87 Å². The molecule has 2 aromatic rings. The molecule has 4 rings (SSSR count). The van der Waals surface area contributed by atoms with Crippen molar-refractivity contribution in [3.05, 3.63) is 47.8 Å². The monoisotopic (exact) mass is 373 g/mol. The molecule has 0 radical (unpaired) electrons. The highest BCUT2D eigenvalue weighted by Crippen LogP contribution is 2.48. The first-order valence-electron chi connectivity index (χ1n) is 9.47. The highest BCUT2D eigenvalue weighted by atomic mass is 32.2. The van der Waals surface area contributed by atoms with Gasteiger partial charge in [0.15, 0.2) is 0 Å². The van der Waals surface area contributed by atoms with Gasteiger partial charge in [0.1, 0.15) is 0 Å². The number of hydrogen-bond acceptors (Lipinski definition) is 3. The van der Waals surface area contributed by atoms with Crippen molar-refractivity contribution < 1.29 is 8.42 Å². The fourth-order valence-electron chi connectivity index (χ4n) is 4.71. The van der Waals surface area contributed by atoms with Gasteiger partial charge in [-0.25, -0.2) is 12.7 Å². The van der Waals surface area contributed by atoms with Gasteiger partial charge in [0.25, 0.3) is 0 Å². The van der Waals surface area contributed by atoms with Crippen LogP contribution in [0.15, 0.2) is 36.5 Å². The van der Waals surface area contributed by atoms with E-state index in [0.717, 1.165) is 19.4 Å². The molecule has 5 nitrogen and oxygen atoms in total. The number of anilines is 1. The molecule has 1 aromatic heterocycles. The van der Waals surface area contributed by atoms with E-state index in [-0.39, 0.29) is 11.3 Å². The molecular weight excluding hydrogens is 346 g/mol. The van der Waals surface area contributed by atoms with Crippen LogP contribution >= 0.6 is 0 Å². The second-order valence-corrected chi connectivity index (χ2v) is 9.59. The number of fused-ring (bicyclic) bond motifs is 4. The molecule has 0 saturated carbocycles. The predicted octanol–water partition coefficient (Wildman–Crippen LogP) is 3.27. The van der Waals surface area contributed by atoms with Crippen LogP contribution in [0, 0.1) is 6.92 Å². The number of rotatable bonds is 3. The Balaban J connectivity index is 1.80. The SMILES string of the molecule is CCN1c2cc(C)ccc2-n2cccc2C12CCN(S(=O)(=O)CC)CC2. The molecule has 2 aliphatic rings. The van der Waals surface area contributed by atoms with Crippen LogP contribution in [0.2, 0.25) is 0 Å². The summed E-state index contributed by atoms with van der Waals surface area (Å²) in [5.74, 6) is 0.176. The Bertz CT molecular complexity index is 924.